The van der Waals surface area contributed by atoms with Gasteiger partial charge in [-0.3, -0.25) is 4.79 Å². The lowest BCUT2D eigenvalue weighted by Gasteiger charge is -2.28. The second-order valence-corrected chi connectivity index (χ2v) is 6.52. The van der Waals surface area contributed by atoms with E-state index in [2.05, 4.69) is 26.2 Å². The normalized spacial score (nSPS) is 14.0. The van der Waals surface area contributed by atoms with E-state index in [9.17, 15) is 9.59 Å². The standard InChI is InChI=1S/C18H18BrN3O4/c19-13-3-5-14(6-4-13)21-16(23)12-26-18(24)15-2-1-7-20-17(15)22-8-10-25-11-9-22/h1-7H,8-12H2,(H,21,23). The Labute approximate surface area is 159 Å². The zero-order chi connectivity index (χ0) is 18.4. The number of pyridine rings is 1. The number of benzene rings is 1. The highest BCUT2D eigenvalue weighted by Crippen LogP contribution is 2.19. The maximum absolute atomic E-state index is 12.4. The first-order valence-corrected chi connectivity index (χ1v) is 8.93. The summed E-state index contributed by atoms with van der Waals surface area (Å²) in [5.74, 6) is -0.433. The zero-order valence-corrected chi connectivity index (χ0v) is 15.6. The predicted octanol–water partition coefficient (Wildman–Crippen LogP) is 2.48. The molecule has 26 heavy (non-hydrogen) atoms. The minimum Gasteiger partial charge on any atom is -0.452 e. The number of halogens is 1. The number of nitrogens with one attached hydrogen (secondary N) is 1. The number of ether oxygens (including phenoxy) is 2. The summed E-state index contributed by atoms with van der Waals surface area (Å²) in [6.45, 7) is 2.11. The van der Waals surface area contributed by atoms with Gasteiger partial charge in [-0.15, -0.1) is 0 Å². The maximum Gasteiger partial charge on any atom is 0.342 e. The van der Waals surface area contributed by atoms with E-state index in [1.54, 1.807) is 30.5 Å². The molecule has 0 bridgehead atoms. The summed E-state index contributed by atoms with van der Waals surface area (Å²) in [5.41, 5.74) is 0.968. The fraction of sp³-hybridized carbons (Fsp3) is 0.278. The lowest BCUT2D eigenvalue weighted by atomic mass is 10.2. The molecule has 1 aliphatic heterocycles. The van der Waals surface area contributed by atoms with Gasteiger partial charge in [0.15, 0.2) is 6.61 Å². The largest absolute Gasteiger partial charge is 0.452 e. The Kier molecular flexibility index (Phi) is 6.19. The molecule has 0 radical (unpaired) electrons. The molecule has 8 heteroatoms. The van der Waals surface area contributed by atoms with Crippen LogP contribution in [0.5, 0.6) is 0 Å². The van der Waals surface area contributed by atoms with E-state index in [1.165, 1.54) is 0 Å². The number of carbonyl (C=O) groups is 2. The Morgan fingerprint density at radius 2 is 1.92 bits per heavy atom. The van der Waals surface area contributed by atoms with Gasteiger partial charge in [0.25, 0.3) is 5.91 Å². The van der Waals surface area contributed by atoms with E-state index in [0.29, 0.717) is 43.4 Å². The van der Waals surface area contributed by atoms with Crippen molar-refractivity contribution in [3.63, 3.8) is 0 Å². The molecule has 1 aromatic heterocycles. The molecule has 0 spiro atoms. The van der Waals surface area contributed by atoms with Crippen LogP contribution in [0.1, 0.15) is 10.4 Å². The highest BCUT2D eigenvalue weighted by atomic mass is 79.9. The molecule has 0 atom stereocenters. The lowest BCUT2D eigenvalue weighted by molar-refractivity contribution is -0.119. The molecule has 1 N–H and O–H groups in total. The number of hydrogen-bond donors (Lipinski definition) is 1. The zero-order valence-electron chi connectivity index (χ0n) is 14.0. The predicted molar refractivity (Wildman–Crippen MR) is 100 cm³/mol. The van der Waals surface area contributed by atoms with E-state index in [4.69, 9.17) is 9.47 Å². The molecule has 3 rings (SSSR count). The van der Waals surface area contributed by atoms with E-state index in [-0.39, 0.29) is 6.61 Å². The van der Waals surface area contributed by atoms with Crippen molar-refractivity contribution in [1.29, 1.82) is 0 Å². The molecule has 7 nitrogen and oxygen atoms in total. The van der Waals surface area contributed by atoms with Crippen LogP contribution in [-0.4, -0.2) is 49.8 Å². The number of anilines is 2. The van der Waals surface area contributed by atoms with Crippen LogP contribution >= 0.6 is 15.9 Å². The van der Waals surface area contributed by atoms with E-state index >= 15 is 0 Å². The van der Waals surface area contributed by atoms with Gasteiger partial charge in [0.05, 0.1) is 13.2 Å². The third-order valence-corrected chi connectivity index (χ3v) is 4.31. The quantitative estimate of drug-likeness (QED) is 0.749. The van der Waals surface area contributed by atoms with E-state index in [0.717, 1.165) is 4.47 Å². The molecular formula is C18H18BrN3O4. The number of nitrogens with zero attached hydrogens (tertiary/aromatic N) is 2. The van der Waals surface area contributed by atoms with Gasteiger partial charge < -0.3 is 19.7 Å². The van der Waals surface area contributed by atoms with Crippen LogP contribution in [0.3, 0.4) is 0 Å². The van der Waals surface area contributed by atoms with Crippen molar-refractivity contribution < 1.29 is 19.1 Å². The van der Waals surface area contributed by atoms with Crippen molar-refractivity contribution in [2.75, 3.05) is 43.1 Å². The molecule has 136 valence electrons. The van der Waals surface area contributed by atoms with Gasteiger partial charge in [0.1, 0.15) is 11.4 Å². The first kappa shape index (κ1) is 18.3. The van der Waals surface area contributed by atoms with Gasteiger partial charge in [-0.2, -0.15) is 0 Å². The lowest BCUT2D eigenvalue weighted by Crippen LogP contribution is -2.37. The molecule has 1 saturated heterocycles. The number of carbonyl (C=O) groups excluding carboxylic acids is 2. The topological polar surface area (TPSA) is 80.8 Å². The summed E-state index contributed by atoms with van der Waals surface area (Å²) < 4.78 is 11.4. The first-order chi connectivity index (χ1) is 12.6. The number of morpholine rings is 1. The van der Waals surface area contributed by atoms with Gasteiger partial charge in [0, 0.05) is 29.4 Å². The minimum absolute atomic E-state index is 0.339. The van der Waals surface area contributed by atoms with Crippen LogP contribution in [0.15, 0.2) is 47.1 Å². The van der Waals surface area contributed by atoms with Crippen molar-refractivity contribution >= 4 is 39.3 Å². The van der Waals surface area contributed by atoms with Crippen LogP contribution in [0.25, 0.3) is 0 Å². The Hall–Kier alpha value is -2.45. The van der Waals surface area contributed by atoms with Gasteiger partial charge >= 0.3 is 5.97 Å². The average Bonchev–Trinajstić information content (AvgIpc) is 2.68. The Bertz CT molecular complexity index is 776. The average molecular weight is 420 g/mol. The molecule has 2 aromatic rings. The smallest absolute Gasteiger partial charge is 0.342 e. The third-order valence-electron chi connectivity index (χ3n) is 3.78. The van der Waals surface area contributed by atoms with Crippen molar-refractivity contribution in [2.24, 2.45) is 0 Å². The van der Waals surface area contributed by atoms with Gasteiger partial charge in [-0.05, 0) is 36.4 Å². The van der Waals surface area contributed by atoms with Crippen molar-refractivity contribution in [1.82, 2.24) is 4.98 Å². The number of rotatable bonds is 5. The molecule has 1 amide bonds. The highest BCUT2D eigenvalue weighted by Gasteiger charge is 2.21. The summed E-state index contributed by atoms with van der Waals surface area (Å²) in [4.78, 5) is 30.6. The molecule has 1 fully saturated rings. The summed E-state index contributed by atoms with van der Waals surface area (Å²) in [6.07, 6.45) is 1.63. The van der Waals surface area contributed by atoms with Gasteiger partial charge in [0.2, 0.25) is 0 Å². The van der Waals surface area contributed by atoms with E-state index < -0.39 is 11.9 Å². The van der Waals surface area contributed by atoms with Crippen LogP contribution in [0.4, 0.5) is 11.5 Å². The summed E-state index contributed by atoms with van der Waals surface area (Å²) in [7, 11) is 0. The van der Waals surface area contributed by atoms with Crippen LogP contribution in [-0.2, 0) is 14.3 Å². The number of esters is 1. The fourth-order valence-corrected chi connectivity index (χ4v) is 2.79. The van der Waals surface area contributed by atoms with Crippen molar-refractivity contribution in [2.45, 2.75) is 0 Å². The second kappa shape index (κ2) is 8.77. The first-order valence-electron chi connectivity index (χ1n) is 8.14. The third kappa shape index (κ3) is 4.80. The molecule has 2 heterocycles. The summed E-state index contributed by atoms with van der Waals surface area (Å²) in [6, 6.07) is 10.4. The minimum atomic E-state index is -0.578. The molecule has 1 aromatic carbocycles. The summed E-state index contributed by atoms with van der Waals surface area (Å²) >= 11 is 3.33. The molecule has 0 aliphatic carbocycles. The van der Waals surface area contributed by atoms with Gasteiger partial charge in [-0.25, -0.2) is 9.78 Å². The monoisotopic (exact) mass is 419 g/mol. The maximum atomic E-state index is 12.4. The summed E-state index contributed by atoms with van der Waals surface area (Å²) in [5, 5.41) is 2.67. The second-order valence-electron chi connectivity index (χ2n) is 5.61. The van der Waals surface area contributed by atoms with Crippen LogP contribution < -0.4 is 10.2 Å². The number of hydrogen-bond acceptors (Lipinski definition) is 6. The molecule has 1 aliphatic rings. The SMILES string of the molecule is O=C(COC(=O)c1cccnc1N1CCOCC1)Nc1ccc(Br)cc1. The van der Waals surface area contributed by atoms with Crippen LogP contribution in [0.2, 0.25) is 0 Å². The molecule has 0 unspecified atom stereocenters. The number of aromatic nitrogens is 1. The van der Waals surface area contributed by atoms with Crippen molar-refractivity contribution in [3.05, 3.63) is 52.6 Å². The van der Waals surface area contributed by atoms with E-state index in [1.807, 2.05) is 17.0 Å². The highest BCUT2D eigenvalue weighted by molar-refractivity contribution is 9.10. The Morgan fingerprint density at radius 3 is 2.65 bits per heavy atom. The molecule has 0 saturated carbocycles. The van der Waals surface area contributed by atoms with Crippen LogP contribution in [0, 0.1) is 0 Å². The Balaban J connectivity index is 1.59. The fourth-order valence-electron chi connectivity index (χ4n) is 2.52. The van der Waals surface area contributed by atoms with Gasteiger partial charge in [-0.1, -0.05) is 15.9 Å². The van der Waals surface area contributed by atoms with Crippen molar-refractivity contribution in [3.8, 4) is 0 Å². The Morgan fingerprint density at radius 1 is 1.19 bits per heavy atom. The number of amides is 1. The molecular weight excluding hydrogens is 402 g/mol.